The maximum absolute atomic E-state index is 14.0. The maximum Gasteiger partial charge on any atom is 0.185 e. The molecular weight excluding hydrogens is 429 g/mol. The number of hydrogen-bond donors (Lipinski definition) is 0. The average molecular weight is 464 g/mol. The van der Waals surface area contributed by atoms with Crippen LogP contribution in [-0.2, 0) is 11.3 Å². The fourth-order valence-electron chi connectivity index (χ4n) is 4.85. The lowest BCUT2D eigenvalue weighted by molar-refractivity contribution is 0.104. The second kappa shape index (κ2) is 10.6. The summed E-state index contributed by atoms with van der Waals surface area (Å²) >= 11 is 0. The van der Waals surface area contributed by atoms with Gasteiger partial charge in [0.1, 0.15) is 11.3 Å². The van der Waals surface area contributed by atoms with Gasteiger partial charge >= 0.3 is 0 Å². The SMILES string of the molecule is COC/C=C/C(=O)c1ccc(Cn2ccc3c(C4CCN(CC(C)(C)F)CC4)ccnc32)cc1. The van der Waals surface area contributed by atoms with Crippen LogP contribution in [0.2, 0.25) is 0 Å². The van der Waals surface area contributed by atoms with E-state index in [1.807, 2.05) is 30.5 Å². The Bertz CT molecular complexity index is 1140. The van der Waals surface area contributed by atoms with Crippen molar-refractivity contribution in [3.8, 4) is 0 Å². The number of fused-ring (bicyclic) bond motifs is 1. The van der Waals surface area contributed by atoms with Gasteiger partial charge < -0.3 is 14.2 Å². The zero-order valence-electron chi connectivity index (χ0n) is 20.3. The van der Waals surface area contributed by atoms with Gasteiger partial charge in [0.15, 0.2) is 5.78 Å². The second-order valence-electron chi connectivity index (χ2n) is 9.77. The van der Waals surface area contributed by atoms with Gasteiger partial charge in [0, 0.05) is 43.5 Å². The number of benzene rings is 1. The van der Waals surface area contributed by atoms with Crippen LogP contribution in [0.4, 0.5) is 4.39 Å². The molecule has 1 aromatic carbocycles. The molecule has 1 fully saturated rings. The first-order chi connectivity index (χ1) is 16.3. The van der Waals surface area contributed by atoms with Gasteiger partial charge in [-0.2, -0.15) is 0 Å². The van der Waals surface area contributed by atoms with Crippen LogP contribution in [0.1, 0.15) is 54.1 Å². The summed E-state index contributed by atoms with van der Waals surface area (Å²) in [4.78, 5) is 19.1. The van der Waals surface area contributed by atoms with Crippen LogP contribution < -0.4 is 0 Å². The molecule has 0 N–H and O–H groups in total. The summed E-state index contributed by atoms with van der Waals surface area (Å²) in [5.74, 6) is 0.444. The number of allylic oxidation sites excluding steroid dienone is 1. The number of nitrogens with zero attached hydrogens (tertiary/aromatic N) is 3. The van der Waals surface area contributed by atoms with E-state index in [4.69, 9.17) is 4.74 Å². The van der Waals surface area contributed by atoms with E-state index in [1.165, 1.54) is 10.9 Å². The average Bonchev–Trinajstić information content (AvgIpc) is 3.22. The van der Waals surface area contributed by atoms with E-state index in [0.717, 1.165) is 37.1 Å². The van der Waals surface area contributed by atoms with Crippen molar-refractivity contribution in [2.75, 3.05) is 33.4 Å². The predicted octanol–water partition coefficient (Wildman–Crippen LogP) is 5.40. The van der Waals surface area contributed by atoms with Crippen molar-refractivity contribution in [2.45, 2.75) is 44.8 Å². The van der Waals surface area contributed by atoms with E-state index >= 15 is 0 Å². The molecule has 34 heavy (non-hydrogen) atoms. The molecule has 1 aliphatic rings. The van der Waals surface area contributed by atoms with Crippen molar-refractivity contribution >= 4 is 16.8 Å². The molecule has 0 spiro atoms. The molecule has 0 radical (unpaired) electrons. The Hall–Kier alpha value is -2.83. The lowest BCUT2D eigenvalue weighted by Gasteiger charge is -2.34. The number of rotatable bonds is 9. The minimum Gasteiger partial charge on any atom is -0.381 e. The van der Waals surface area contributed by atoms with Gasteiger partial charge in [-0.15, -0.1) is 0 Å². The smallest absolute Gasteiger partial charge is 0.185 e. The van der Waals surface area contributed by atoms with Gasteiger partial charge in [0.25, 0.3) is 0 Å². The molecule has 0 atom stereocenters. The number of pyridine rings is 1. The molecule has 6 heteroatoms. The van der Waals surface area contributed by atoms with Crippen molar-refractivity contribution in [1.82, 2.24) is 14.5 Å². The summed E-state index contributed by atoms with van der Waals surface area (Å²) in [6.07, 6.45) is 9.33. The van der Waals surface area contributed by atoms with Crippen molar-refractivity contribution in [2.24, 2.45) is 0 Å². The van der Waals surface area contributed by atoms with Crippen LogP contribution in [0, 0.1) is 0 Å². The van der Waals surface area contributed by atoms with Crippen molar-refractivity contribution < 1.29 is 13.9 Å². The van der Waals surface area contributed by atoms with E-state index in [9.17, 15) is 9.18 Å². The normalized spacial score (nSPS) is 16.0. The van der Waals surface area contributed by atoms with E-state index in [1.54, 1.807) is 33.1 Å². The zero-order valence-corrected chi connectivity index (χ0v) is 20.3. The lowest BCUT2D eigenvalue weighted by atomic mass is 9.88. The third-order valence-corrected chi connectivity index (χ3v) is 6.45. The van der Waals surface area contributed by atoms with Gasteiger partial charge in [-0.1, -0.05) is 30.3 Å². The number of carbonyl (C=O) groups is 1. The highest BCUT2D eigenvalue weighted by atomic mass is 19.1. The molecule has 0 saturated carbocycles. The molecule has 2 aromatic heterocycles. The summed E-state index contributed by atoms with van der Waals surface area (Å²) in [6.45, 7) is 6.77. The Kier molecular flexibility index (Phi) is 7.59. The minimum absolute atomic E-state index is 0.0255. The Morgan fingerprint density at radius 1 is 1.18 bits per heavy atom. The van der Waals surface area contributed by atoms with Crippen molar-refractivity contribution in [3.63, 3.8) is 0 Å². The first kappa shape index (κ1) is 24.3. The molecule has 1 saturated heterocycles. The largest absolute Gasteiger partial charge is 0.381 e. The summed E-state index contributed by atoms with van der Waals surface area (Å²) in [5.41, 5.74) is 2.94. The van der Waals surface area contributed by atoms with Crippen LogP contribution in [0.25, 0.3) is 11.0 Å². The van der Waals surface area contributed by atoms with Gasteiger partial charge in [-0.05, 0) is 75.0 Å². The van der Waals surface area contributed by atoms with E-state index in [0.29, 0.717) is 31.2 Å². The number of piperidine rings is 1. The van der Waals surface area contributed by atoms with Crippen LogP contribution in [-0.4, -0.2) is 59.3 Å². The third-order valence-electron chi connectivity index (χ3n) is 6.45. The fraction of sp³-hybridized carbons (Fsp3) is 0.429. The molecule has 180 valence electrons. The molecular formula is C28H34FN3O2. The van der Waals surface area contributed by atoms with E-state index in [-0.39, 0.29) is 5.78 Å². The topological polar surface area (TPSA) is 47.4 Å². The molecule has 5 nitrogen and oxygen atoms in total. The highest BCUT2D eigenvalue weighted by molar-refractivity contribution is 6.04. The first-order valence-electron chi connectivity index (χ1n) is 12.0. The number of ether oxygens (including phenoxy) is 1. The fourth-order valence-corrected chi connectivity index (χ4v) is 4.85. The number of ketones is 1. The Labute approximate surface area is 201 Å². The van der Waals surface area contributed by atoms with Crippen LogP contribution >= 0.6 is 0 Å². The molecule has 3 heterocycles. The number of methoxy groups -OCH3 is 1. The monoisotopic (exact) mass is 463 g/mol. The van der Waals surface area contributed by atoms with E-state index in [2.05, 4.69) is 32.8 Å². The number of halogens is 1. The first-order valence-corrected chi connectivity index (χ1v) is 12.0. The number of hydrogen-bond acceptors (Lipinski definition) is 4. The molecule has 0 unspecified atom stereocenters. The van der Waals surface area contributed by atoms with Gasteiger partial charge in [0.2, 0.25) is 0 Å². The predicted molar refractivity (Wildman–Crippen MR) is 134 cm³/mol. The Balaban J connectivity index is 1.45. The summed E-state index contributed by atoms with van der Waals surface area (Å²) in [7, 11) is 1.60. The lowest BCUT2D eigenvalue weighted by Crippen LogP contribution is -2.40. The molecule has 1 aliphatic heterocycles. The second-order valence-corrected chi connectivity index (χ2v) is 9.77. The molecule has 4 rings (SSSR count). The summed E-state index contributed by atoms with van der Waals surface area (Å²) in [5, 5.41) is 1.20. The number of carbonyl (C=O) groups excluding carboxylic acids is 1. The summed E-state index contributed by atoms with van der Waals surface area (Å²) < 4.78 is 21.1. The van der Waals surface area contributed by atoms with Crippen molar-refractivity contribution in [1.29, 1.82) is 0 Å². The Morgan fingerprint density at radius 2 is 1.91 bits per heavy atom. The highest BCUT2D eigenvalue weighted by Crippen LogP contribution is 2.33. The maximum atomic E-state index is 14.0. The molecule has 0 bridgehead atoms. The van der Waals surface area contributed by atoms with Gasteiger partial charge in [0.05, 0.1) is 6.61 Å². The standard InChI is InChI=1S/C28H34FN3O2/c1-28(2,29)20-31-15-11-22(12-16-31)24-10-14-30-27-25(24)13-17-32(27)19-21-6-8-23(9-7-21)26(33)5-4-18-34-3/h4-10,13-14,17,22H,11-12,15-16,18-20H2,1-3H3/b5-4+. The minimum atomic E-state index is -1.15. The van der Waals surface area contributed by atoms with Crippen LogP contribution in [0.15, 0.2) is 60.9 Å². The molecule has 3 aromatic rings. The van der Waals surface area contributed by atoms with Crippen LogP contribution in [0.5, 0.6) is 0 Å². The summed E-state index contributed by atoms with van der Waals surface area (Å²) in [6, 6.07) is 12.0. The van der Waals surface area contributed by atoms with Gasteiger partial charge in [-0.25, -0.2) is 9.37 Å². The van der Waals surface area contributed by atoms with Crippen LogP contribution in [0.3, 0.4) is 0 Å². The Morgan fingerprint density at radius 3 is 2.59 bits per heavy atom. The highest BCUT2D eigenvalue weighted by Gasteiger charge is 2.27. The quantitative estimate of drug-likeness (QED) is 0.315. The number of alkyl halides is 1. The van der Waals surface area contributed by atoms with E-state index < -0.39 is 5.67 Å². The van der Waals surface area contributed by atoms with Gasteiger partial charge in [-0.3, -0.25) is 4.79 Å². The third kappa shape index (κ3) is 5.99. The number of aromatic nitrogens is 2. The zero-order chi connectivity index (χ0) is 24.1. The number of likely N-dealkylation sites (tertiary alicyclic amines) is 1. The molecule has 0 amide bonds. The van der Waals surface area contributed by atoms with Crippen molar-refractivity contribution in [3.05, 3.63) is 77.6 Å². The molecule has 0 aliphatic carbocycles.